The number of hydrogen-bond donors (Lipinski definition) is 1. The van der Waals surface area contributed by atoms with Crippen LogP contribution in [0.4, 0.5) is 11.5 Å². The van der Waals surface area contributed by atoms with Crippen molar-refractivity contribution in [2.75, 3.05) is 11.9 Å². The van der Waals surface area contributed by atoms with Gasteiger partial charge in [0.15, 0.2) is 0 Å². The predicted molar refractivity (Wildman–Crippen MR) is 58.9 cm³/mol. The third kappa shape index (κ3) is 3.05. The summed E-state index contributed by atoms with van der Waals surface area (Å²) in [6.07, 6.45) is 0. The zero-order chi connectivity index (χ0) is 11.4. The summed E-state index contributed by atoms with van der Waals surface area (Å²) in [7, 11) is 0. The fraction of sp³-hybridized carbons (Fsp3) is 0.300. The van der Waals surface area contributed by atoms with Crippen molar-refractivity contribution >= 4 is 11.5 Å². The highest BCUT2D eigenvalue weighted by Gasteiger charge is 2.11. The third-order valence-electron chi connectivity index (χ3n) is 1.83. The van der Waals surface area contributed by atoms with Gasteiger partial charge in [0.2, 0.25) is 0 Å². The molecule has 5 nitrogen and oxygen atoms in total. The average molecular weight is 207 g/mol. The van der Waals surface area contributed by atoms with Crippen molar-refractivity contribution in [2.45, 2.75) is 13.8 Å². The lowest BCUT2D eigenvalue weighted by atomic mass is 10.3. The van der Waals surface area contributed by atoms with Crippen LogP contribution in [0.2, 0.25) is 0 Å². The van der Waals surface area contributed by atoms with Crippen LogP contribution < -0.4 is 5.32 Å². The van der Waals surface area contributed by atoms with E-state index in [-0.39, 0.29) is 5.69 Å². The fourth-order valence-corrected chi connectivity index (χ4v) is 1.09. The van der Waals surface area contributed by atoms with Crippen LogP contribution in [0.1, 0.15) is 12.6 Å². The Kier molecular flexibility index (Phi) is 3.38. The molecule has 0 atom stereocenters. The molecule has 0 aliphatic heterocycles. The van der Waals surface area contributed by atoms with E-state index in [0.717, 1.165) is 5.57 Å². The molecule has 1 aromatic heterocycles. The molecule has 80 valence electrons. The maximum absolute atomic E-state index is 10.5. The maximum atomic E-state index is 10.5. The van der Waals surface area contributed by atoms with Gasteiger partial charge in [0.05, 0.1) is 4.92 Å². The summed E-state index contributed by atoms with van der Waals surface area (Å²) in [6, 6.07) is 3.04. The molecule has 1 heterocycles. The van der Waals surface area contributed by atoms with Crippen molar-refractivity contribution in [3.8, 4) is 0 Å². The number of pyridine rings is 1. The summed E-state index contributed by atoms with van der Waals surface area (Å²) in [6.45, 7) is 7.86. The maximum Gasteiger partial charge on any atom is 0.290 e. The first-order valence-electron chi connectivity index (χ1n) is 4.51. The van der Waals surface area contributed by atoms with Crippen LogP contribution in [0.3, 0.4) is 0 Å². The topological polar surface area (TPSA) is 68.1 Å². The fourth-order valence-electron chi connectivity index (χ4n) is 1.09. The minimum atomic E-state index is -0.440. The molecule has 1 rings (SSSR count). The molecule has 0 saturated heterocycles. The van der Waals surface area contributed by atoms with E-state index in [4.69, 9.17) is 0 Å². The van der Waals surface area contributed by atoms with Crippen LogP contribution >= 0.6 is 0 Å². The molecular weight excluding hydrogens is 194 g/mol. The molecule has 0 aromatic carbocycles. The van der Waals surface area contributed by atoms with E-state index in [1.54, 1.807) is 13.0 Å². The van der Waals surface area contributed by atoms with E-state index in [2.05, 4.69) is 16.9 Å². The van der Waals surface area contributed by atoms with Crippen molar-refractivity contribution in [3.63, 3.8) is 0 Å². The zero-order valence-electron chi connectivity index (χ0n) is 8.78. The van der Waals surface area contributed by atoms with E-state index in [0.29, 0.717) is 18.1 Å². The number of nitrogens with zero attached hydrogens (tertiary/aromatic N) is 2. The number of nitrogens with one attached hydrogen (secondary N) is 1. The highest BCUT2D eigenvalue weighted by molar-refractivity contribution is 5.45. The molecule has 0 fully saturated rings. The van der Waals surface area contributed by atoms with Gasteiger partial charge in [0, 0.05) is 12.6 Å². The SMILES string of the molecule is C=C(C)CNc1ccc([N+](=O)[O-])c(C)n1. The second-order valence-electron chi connectivity index (χ2n) is 3.37. The lowest BCUT2D eigenvalue weighted by Crippen LogP contribution is -2.05. The molecular formula is C10H13N3O2. The molecule has 0 aliphatic rings. The third-order valence-corrected chi connectivity index (χ3v) is 1.83. The minimum Gasteiger partial charge on any atom is -0.366 e. The first-order valence-corrected chi connectivity index (χ1v) is 4.51. The van der Waals surface area contributed by atoms with Crippen molar-refractivity contribution in [1.82, 2.24) is 4.98 Å². The standard InChI is InChI=1S/C10H13N3O2/c1-7(2)6-11-10-5-4-9(13(14)15)8(3)12-10/h4-5H,1,6H2,2-3H3,(H,11,12). The van der Waals surface area contributed by atoms with Gasteiger partial charge >= 0.3 is 0 Å². The quantitative estimate of drug-likeness (QED) is 0.467. The van der Waals surface area contributed by atoms with Crippen LogP contribution in [0.25, 0.3) is 0 Å². The molecule has 0 amide bonds. The molecule has 0 saturated carbocycles. The second-order valence-corrected chi connectivity index (χ2v) is 3.37. The number of hydrogen-bond acceptors (Lipinski definition) is 4. The van der Waals surface area contributed by atoms with Crippen LogP contribution in [-0.4, -0.2) is 16.5 Å². The summed E-state index contributed by atoms with van der Waals surface area (Å²) in [5.41, 5.74) is 1.43. The number of nitro groups is 1. The highest BCUT2D eigenvalue weighted by atomic mass is 16.6. The first kappa shape index (κ1) is 11.2. The zero-order valence-corrected chi connectivity index (χ0v) is 8.78. The van der Waals surface area contributed by atoms with E-state index in [1.807, 2.05) is 6.92 Å². The Morgan fingerprint density at radius 2 is 2.33 bits per heavy atom. The van der Waals surface area contributed by atoms with Crippen LogP contribution in [0.15, 0.2) is 24.3 Å². The molecule has 15 heavy (non-hydrogen) atoms. The van der Waals surface area contributed by atoms with Gasteiger partial charge in [0.25, 0.3) is 5.69 Å². The Hall–Kier alpha value is -1.91. The largest absolute Gasteiger partial charge is 0.366 e. The van der Waals surface area contributed by atoms with Crippen molar-refractivity contribution in [3.05, 3.63) is 40.1 Å². The lowest BCUT2D eigenvalue weighted by Gasteiger charge is -2.05. The van der Waals surface area contributed by atoms with Gasteiger partial charge in [-0.05, 0) is 19.9 Å². The molecule has 0 bridgehead atoms. The number of aryl methyl sites for hydroxylation is 1. The Labute approximate surface area is 88.0 Å². The van der Waals surface area contributed by atoms with Gasteiger partial charge in [-0.25, -0.2) is 4.98 Å². The summed E-state index contributed by atoms with van der Waals surface area (Å²) < 4.78 is 0. The molecule has 0 unspecified atom stereocenters. The molecule has 0 spiro atoms. The molecule has 1 N–H and O–H groups in total. The number of aromatic nitrogens is 1. The summed E-state index contributed by atoms with van der Waals surface area (Å²) in [5.74, 6) is 0.626. The van der Waals surface area contributed by atoms with Crippen LogP contribution in [0, 0.1) is 17.0 Å². The number of anilines is 1. The van der Waals surface area contributed by atoms with E-state index < -0.39 is 4.92 Å². The predicted octanol–water partition coefficient (Wildman–Crippen LogP) is 2.29. The highest BCUT2D eigenvalue weighted by Crippen LogP contribution is 2.17. The first-order chi connectivity index (χ1) is 7.00. The van der Waals surface area contributed by atoms with E-state index in [1.165, 1.54) is 6.07 Å². The van der Waals surface area contributed by atoms with Crippen LogP contribution in [-0.2, 0) is 0 Å². The number of rotatable bonds is 4. The van der Waals surface area contributed by atoms with Gasteiger partial charge in [-0.1, -0.05) is 12.2 Å². The Morgan fingerprint density at radius 1 is 1.67 bits per heavy atom. The van der Waals surface area contributed by atoms with Gasteiger partial charge in [0.1, 0.15) is 11.5 Å². The summed E-state index contributed by atoms with van der Waals surface area (Å²) in [5, 5.41) is 13.5. The van der Waals surface area contributed by atoms with Gasteiger partial charge in [-0.15, -0.1) is 0 Å². The van der Waals surface area contributed by atoms with E-state index >= 15 is 0 Å². The summed E-state index contributed by atoms with van der Waals surface area (Å²) in [4.78, 5) is 14.2. The van der Waals surface area contributed by atoms with Crippen molar-refractivity contribution in [1.29, 1.82) is 0 Å². The Balaban J connectivity index is 2.82. The smallest absolute Gasteiger partial charge is 0.290 e. The second kappa shape index (κ2) is 4.54. The normalized spacial score (nSPS) is 9.73. The van der Waals surface area contributed by atoms with Crippen molar-refractivity contribution in [2.24, 2.45) is 0 Å². The van der Waals surface area contributed by atoms with E-state index in [9.17, 15) is 10.1 Å². The molecule has 0 radical (unpaired) electrons. The van der Waals surface area contributed by atoms with Crippen molar-refractivity contribution < 1.29 is 4.92 Å². The van der Waals surface area contributed by atoms with Gasteiger partial charge in [-0.2, -0.15) is 0 Å². The van der Waals surface area contributed by atoms with Gasteiger partial charge in [-0.3, -0.25) is 10.1 Å². The Bertz CT molecular complexity index is 402. The Morgan fingerprint density at radius 3 is 2.80 bits per heavy atom. The summed E-state index contributed by atoms with van der Waals surface area (Å²) >= 11 is 0. The molecule has 0 aliphatic carbocycles. The molecule has 1 aromatic rings. The minimum absolute atomic E-state index is 0.0378. The monoisotopic (exact) mass is 207 g/mol. The van der Waals surface area contributed by atoms with Gasteiger partial charge < -0.3 is 5.32 Å². The average Bonchev–Trinajstić information content (AvgIpc) is 2.14. The van der Waals surface area contributed by atoms with Crippen LogP contribution in [0.5, 0.6) is 0 Å². The molecule has 5 heteroatoms. The lowest BCUT2D eigenvalue weighted by molar-refractivity contribution is -0.385.